The molecular weight excluding hydrogens is 688 g/mol. The number of rotatable bonds is 9. The summed E-state index contributed by atoms with van der Waals surface area (Å²) in [5.74, 6) is 1.69. The van der Waals surface area contributed by atoms with Crippen molar-refractivity contribution in [2.75, 3.05) is 66.2 Å². The van der Waals surface area contributed by atoms with E-state index in [0.717, 1.165) is 81.3 Å². The number of anilines is 5. The number of nitrogens with zero attached hydrogens (tertiary/aromatic N) is 7. The number of piperazine rings is 1. The van der Waals surface area contributed by atoms with Crippen molar-refractivity contribution in [1.29, 1.82) is 0 Å². The van der Waals surface area contributed by atoms with Crippen LogP contribution < -0.4 is 25.8 Å². The van der Waals surface area contributed by atoms with Gasteiger partial charge in [0.15, 0.2) is 5.13 Å². The summed E-state index contributed by atoms with van der Waals surface area (Å²) in [6.07, 6.45) is 3.99. The van der Waals surface area contributed by atoms with Gasteiger partial charge < -0.3 is 15.5 Å². The number of carbonyl (C=O) groups excluding carboxylic acids is 3. The number of piperidine rings is 1. The zero-order valence-electron chi connectivity index (χ0n) is 28.7. The number of urea groups is 1. The van der Waals surface area contributed by atoms with Crippen LogP contribution in [0.3, 0.4) is 0 Å². The first-order valence-corrected chi connectivity index (χ1v) is 18.4. The Morgan fingerprint density at radius 1 is 0.980 bits per heavy atom. The van der Waals surface area contributed by atoms with Gasteiger partial charge in [-0.25, -0.2) is 19.7 Å². The second-order valence-corrected chi connectivity index (χ2v) is 14.6. The van der Waals surface area contributed by atoms with Crippen molar-refractivity contribution in [3.8, 4) is 0 Å². The quantitative estimate of drug-likeness (QED) is 0.205. The molecule has 0 saturated carbocycles. The molecule has 0 unspecified atom stereocenters. The topological polar surface area (TPSA) is 139 Å². The van der Waals surface area contributed by atoms with Gasteiger partial charge in [0.1, 0.15) is 22.3 Å². The lowest BCUT2D eigenvalue weighted by molar-refractivity contribution is -0.120. The molecule has 5 heterocycles. The highest BCUT2D eigenvalue weighted by Gasteiger charge is 2.29. The highest BCUT2D eigenvalue weighted by atomic mass is 35.5. The van der Waals surface area contributed by atoms with Crippen LogP contribution in [0.15, 0.2) is 54.7 Å². The second-order valence-electron chi connectivity index (χ2n) is 13.2. The maximum absolute atomic E-state index is 12.9. The number of thiazole rings is 1. The average Bonchev–Trinajstić information content (AvgIpc) is 3.59. The Bertz CT molecular complexity index is 1900. The molecule has 51 heavy (non-hydrogen) atoms. The third-order valence-corrected chi connectivity index (χ3v) is 10.9. The van der Waals surface area contributed by atoms with E-state index in [4.69, 9.17) is 16.6 Å². The van der Waals surface area contributed by atoms with Crippen molar-refractivity contribution in [1.82, 2.24) is 30.1 Å². The zero-order chi connectivity index (χ0) is 35.5. The van der Waals surface area contributed by atoms with Crippen LogP contribution in [0.2, 0.25) is 5.02 Å². The van der Waals surface area contributed by atoms with Gasteiger partial charge >= 0.3 is 6.03 Å². The van der Waals surface area contributed by atoms with E-state index in [-0.39, 0.29) is 17.8 Å². The summed E-state index contributed by atoms with van der Waals surface area (Å²) in [6.45, 7) is 10.9. The van der Waals surface area contributed by atoms with Crippen LogP contribution in [0.25, 0.3) is 0 Å². The van der Waals surface area contributed by atoms with Crippen molar-refractivity contribution in [3.63, 3.8) is 0 Å². The molecule has 2 aromatic heterocycles. The van der Waals surface area contributed by atoms with E-state index in [1.54, 1.807) is 17.2 Å². The number of hydrogen-bond donors (Lipinski definition) is 3. The minimum atomic E-state index is -0.354. The number of aromatic nitrogens is 3. The number of hydrogen-bond acceptors (Lipinski definition) is 11. The van der Waals surface area contributed by atoms with E-state index in [1.807, 2.05) is 44.2 Å². The average molecular weight is 729 g/mol. The molecule has 3 aliphatic heterocycles. The molecule has 4 aromatic rings. The fourth-order valence-electron chi connectivity index (χ4n) is 6.93. The predicted molar refractivity (Wildman–Crippen MR) is 200 cm³/mol. The number of benzene rings is 2. The Kier molecular flexibility index (Phi) is 10.5. The summed E-state index contributed by atoms with van der Waals surface area (Å²) >= 11 is 7.55. The van der Waals surface area contributed by atoms with Crippen LogP contribution in [-0.4, -0.2) is 94.5 Å². The fraction of sp³-hybridized carbons (Fsp3) is 0.389. The molecule has 7 rings (SSSR count). The number of para-hydroxylation sites is 1. The number of halogens is 1. The summed E-state index contributed by atoms with van der Waals surface area (Å²) in [7, 11) is 0. The van der Waals surface area contributed by atoms with Gasteiger partial charge in [-0.1, -0.05) is 47.2 Å². The first-order chi connectivity index (χ1) is 24.7. The summed E-state index contributed by atoms with van der Waals surface area (Å²) in [5, 5.41) is 9.63. The largest absolute Gasteiger partial charge is 0.356 e. The van der Waals surface area contributed by atoms with Crippen LogP contribution >= 0.6 is 22.9 Å². The first kappa shape index (κ1) is 34.8. The Morgan fingerprint density at radius 2 is 1.76 bits per heavy atom. The standard InChI is InChI=1S/C36H41ClN10O3S/c1-23-5-3-8-28(37)33(23)43-34(49)29-21-38-35(51-29)41-30-20-31(40-24(2)39-30)46-12-9-26(10-13-46)45-17-15-44(16-18-45)22-25-6-4-7-27(19-25)47-14-11-32(48)42-36(47)50/h3-8,19-21,26H,9-18,22H2,1-2H3,(H,43,49)(H,42,48,50)(H,38,39,40,41). The number of amides is 4. The third kappa shape index (κ3) is 8.30. The van der Waals surface area contributed by atoms with Crippen LogP contribution in [0.5, 0.6) is 0 Å². The molecule has 4 amide bonds. The minimum Gasteiger partial charge on any atom is -0.356 e. The van der Waals surface area contributed by atoms with Crippen molar-refractivity contribution >= 4 is 68.9 Å². The highest BCUT2D eigenvalue weighted by Crippen LogP contribution is 2.30. The Morgan fingerprint density at radius 3 is 2.53 bits per heavy atom. The molecule has 3 saturated heterocycles. The maximum Gasteiger partial charge on any atom is 0.328 e. The van der Waals surface area contributed by atoms with Crippen LogP contribution in [0.1, 0.15) is 45.9 Å². The molecule has 0 aliphatic carbocycles. The van der Waals surface area contributed by atoms with E-state index >= 15 is 0 Å². The molecule has 3 aliphatic rings. The second kappa shape index (κ2) is 15.3. The number of imide groups is 1. The van der Waals surface area contributed by atoms with Crippen LogP contribution in [-0.2, 0) is 11.3 Å². The van der Waals surface area contributed by atoms with E-state index in [9.17, 15) is 14.4 Å². The molecule has 3 fully saturated rings. The van der Waals surface area contributed by atoms with Gasteiger partial charge in [-0.2, -0.15) is 0 Å². The van der Waals surface area contributed by atoms with Gasteiger partial charge in [-0.05, 0) is 56.0 Å². The molecule has 13 nitrogen and oxygen atoms in total. The van der Waals surface area contributed by atoms with E-state index in [1.165, 1.54) is 11.3 Å². The molecule has 15 heteroatoms. The summed E-state index contributed by atoms with van der Waals surface area (Å²) in [5.41, 5.74) is 3.47. The summed E-state index contributed by atoms with van der Waals surface area (Å²) in [4.78, 5) is 60.1. The third-order valence-electron chi connectivity index (χ3n) is 9.64. The van der Waals surface area contributed by atoms with Gasteiger partial charge in [0.25, 0.3) is 5.91 Å². The fourth-order valence-corrected chi connectivity index (χ4v) is 7.92. The molecule has 0 bridgehead atoms. The van der Waals surface area contributed by atoms with Crippen molar-refractivity contribution in [2.45, 2.75) is 45.7 Å². The van der Waals surface area contributed by atoms with Gasteiger partial charge in [0, 0.05) is 76.6 Å². The normalized spacial score (nSPS) is 17.8. The number of nitrogens with one attached hydrogen (secondary N) is 3. The monoisotopic (exact) mass is 728 g/mol. The first-order valence-electron chi connectivity index (χ1n) is 17.2. The Hall–Kier alpha value is -4.63. The number of aryl methyl sites for hydroxylation is 2. The lowest BCUT2D eigenvalue weighted by Gasteiger charge is -2.43. The van der Waals surface area contributed by atoms with Crippen molar-refractivity contribution in [3.05, 3.63) is 81.6 Å². The van der Waals surface area contributed by atoms with Gasteiger partial charge in [-0.3, -0.25) is 29.6 Å². The van der Waals surface area contributed by atoms with Gasteiger partial charge in [-0.15, -0.1) is 0 Å². The highest BCUT2D eigenvalue weighted by molar-refractivity contribution is 7.17. The molecule has 0 radical (unpaired) electrons. The molecular formula is C36H41ClN10O3S. The number of carbonyl (C=O) groups is 3. The van der Waals surface area contributed by atoms with Crippen molar-refractivity contribution in [2.24, 2.45) is 0 Å². The zero-order valence-corrected chi connectivity index (χ0v) is 30.3. The van der Waals surface area contributed by atoms with E-state index in [0.29, 0.717) is 51.4 Å². The SMILES string of the molecule is Cc1nc(Nc2ncc(C(=O)Nc3c(C)cccc3Cl)s2)cc(N2CCC(N3CCN(Cc4cccc(N5CCC(=O)NC5=O)c4)CC3)CC2)n1. The molecule has 2 aromatic carbocycles. The van der Waals surface area contributed by atoms with Gasteiger partial charge in [0.2, 0.25) is 5.91 Å². The van der Waals surface area contributed by atoms with Crippen LogP contribution in [0, 0.1) is 13.8 Å². The molecule has 0 spiro atoms. The molecule has 3 N–H and O–H groups in total. The Labute approximate surface area is 306 Å². The molecule has 266 valence electrons. The van der Waals surface area contributed by atoms with Crippen molar-refractivity contribution < 1.29 is 14.4 Å². The summed E-state index contributed by atoms with van der Waals surface area (Å²) in [6, 6.07) is 15.7. The van der Waals surface area contributed by atoms with Gasteiger partial charge in [0.05, 0.1) is 16.9 Å². The predicted octanol–water partition coefficient (Wildman–Crippen LogP) is 5.43. The lowest BCUT2D eigenvalue weighted by atomic mass is 10.0. The summed E-state index contributed by atoms with van der Waals surface area (Å²) < 4.78 is 0. The lowest BCUT2D eigenvalue weighted by Crippen LogP contribution is -2.53. The van der Waals surface area contributed by atoms with E-state index < -0.39 is 0 Å². The minimum absolute atomic E-state index is 0.223. The smallest absolute Gasteiger partial charge is 0.328 e. The van der Waals surface area contributed by atoms with Crippen LogP contribution in [0.4, 0.5) is 32.9 Å². The Balaban J connectivity index is 0.892. The van der Waals surface area contributed by atoms with E-state index in [2.05, 4.69) is 52.8 Å². The maximum atomic E-state index is 12.9. The molecule has 0 atom stereocenters.